The minimum atomic E-state index is -3.03. The second-order valence-electron chi connectivity index (χ2n) is 3.89. The fraction of sp³-hybridized carbons (Fsp3) is 0.889. The van der Waals surface area contributed by atoms with Crippen LogP contribution in [0.2, 0.25) is 0 Å². The van der Waals surface area contributed by atoms with E-state index in [1.807, 2.05) is 19.0 Å². The average Bonchev–Trinajstić information content (AvgIpc) is 2.07. The molecular weight excluding hydrogens is 216 g/mol. The Bertz CT molecular complexity index is 286. The van der Waals surface area contributed by atoms with E-state index >= 15 is 0 Å². The minimum Gasteiger partial charge on any atom is -0.356 e. The first-order valence-corrected chi connectivity index (χ1v) is 6.96. The Morgan fingerprint density at radius 1 is 1.33 bits per heavy atom. The summed E-state index contributed by atoms with van der Waals surface area (Å²) in [7, 11) is 0.895. The molecule has 0 radical (unpaired) electrons. The van der Waals surface area contributed by atoms with Crippen LogP contribution in [0.1, 0.15) is 12.8 Å². The lowest BCUT2D eigenvalue weighted by molar-refractivity contribution is -0.120. The van der Waals surface area contributed by atoms with E-state index in [1.54, 1.807) is 0 Å². The van der Waals surface area contributed by atoms with Gasteiger partial charge < -0.3 is 10.2 Å². The SMILES string of the molecule is CN(C)CCCNC(=O)CCS(C)(=O)=O. The highest BCUT2D eigenvalue weighted by molar-refractivity contribution is 7.90. The van der Waals surface area contributed by atoms with Crippen molar-refractivity contribution in [3.8, 4) is 0 Å². The zero-order valence-corrected chi connectivity index (χ0v) is 10.4. The van der Waals surface area contributed by atoms with Gasteiger partial charge in [0.25, 0.3) is 0 Å². The molecule has 0 heterocycles. The molecule has 0 fully saturated rings. The van der Waals surface area contributed by atoms with Gasteiger partial charge in [-0.2, -0.15) is 0 Å². The van der Waals surface area contributed by atoms with Gasteiger partial charge in [0, 0.05) is 19.2 Å². The molecule has 5 nitrogen and oxygen atoms in total. The predicted octanol–water partition coefficient (Wildman–Crippen LogP) is -0.511. The zero-order valence-electron chi connectivity index (χ0n) is 9.62. The van der Waals surface area contributed by atoms with Crippen molar-refractivity contribution in [1.82, 2.24) is 10.2 Å². The topological polar surface area (TPSA) is 66.5 Å². The van der Waals surface area contributed by atoms with E-state index in [1.165, 1.54) is 0 Å². The first-order valence-electron chi connectivity index (χ1n) is 4.90. The molecule has 0 aromatic heterocycles. The van der Waals surface area contributed by atoms with Gasteiger partial charge in [-0.3, -0.25) is 4.79 Å². The van der Waals surface area contributed by atoms with Gasteiger partial charge in [-0.05, 0) is 27.1 Å². The molecule has 0 aliphatic rings. The highest BCUT2D eigenvalue weighted by Crippen LogP contribution is 1.89. The molecule has 1 amide bonds. The number of sulfone groups is 1. The second kappa shape index (κ2) is 6.79. The van der Waals surface area contributed by atoms with Crippen LogP contribution in [-0.4, -0.2) is 58.4 Å². The zero-order chi connectivity index (χ0) is 11.9. The third kappa shape index (κ3) is 11.3. The summed E-state index contributed by atoms with van der Waals surface area (Å²) >= 11 is 0. The molecule has 0 aliphatic carbocycles. The van der Waals surface area contributed by atoms with Crippen molar-refractivity contribution in [2.75, 3.05) is 39.2 Å². The molecule has 0 aromatic carbocycles. The molecule has 0 aliphatic heterocycles. The molecule has 90 valence electrons. The molecular formula is C9H20N2O3S. The Morgan fingerprint density at radius 3 is 2.40 bits per heavy atom. The largest absolute Gasteiger partial charge is 0.356 e. The van der Waals surface area contributed by atoms with Crippen LogP contribution in [0.3, 0.4) is 0 Å². The van der Waals surface area contributed by atoms with Crippen LogP contribution in [0.25, 0.3) is 0 Å². The Balaban J connectivity index is 3.50. The van der Waals surface area contributed by atoms with Crippen LogP contribution in [0.4, 0.5) is 0 Å². The standard InChI is InChI=1S/C9H20N2O3S/c1-11(2)7-4-6-10-9(12)5-8-15(3,13)14/h4-8H2,1-3H3,(H,10,12). The highest BCUT2D eigenvalue weighted by atomic mass is 32.2. The van der Waals surface area contributed by atoms with E-state index in [2.05, 4.69) is 5.32 Å². The average molecular weight is 236 g/mol. The first-order chi connectivity index (χ1) is 6.81. The summed E-state index contributed by atoms with van der Waals surface area (Å²) < 4.78 is 21.5. The lowest BCUT2D eigenvalue weighted by Crippen LogP contribution is -2.28. The van der Waals surface area contributed by atoms with Crippen molar-refractivity contribution in [2.24, 2.45) is 0 Å². The normalized spacial score (nSPS) is 11.7. The summed E-state index contributed by atoms with van der Waals surface area (Å²) in [6, 6.07) is 0. The molecule has 0 aromatic rings. The number of carbonyl (C=O) groups is 1. The van der Waals surface area contributed by atoms with Gasteiger partial charge in [0.05, 0.1) is 5.75 Å². The monoisotopic (exact) mass is 236 g/mol. The second-order valence-corrected chi connectivity index (χ2v) is 6.15. The Morgan fingerprint density at radius 2 is 1.93 bits per heavy atom. The van der Waals surface area contributed by atoms with Crippen LogP contribution in [0.15, 0.2) is 0 Å². The molecule has 0 unspecified atom stereocenters. The van der Waals surface area contributed by atoms with Crippen LogP contribution >= 0.6 is 0 Å². The lowest BCUT2D eigenvalue weighted by atomic mass is 10.4. The molecule has 1 N–H and O–H groups in total. The van der Waals surface area contributed by atoms with Gasteiger partial charge in [-0.1, -0.05) is 0 Å². The third-order valence-electron chi connectivity index (χ3n) is 1.80. The summed E-state index contributed by atoms with van der Waals surface area (Å²) in [5.74, 6) is -0.272. The molecule has 0 rings (SSSR count). The van der Waals surface area contributed by atoms with Crippen LogP contribution < -0.4 is 5.32 Å². The van der Waals surface area contributed by atoms with E-state index < -0.39 is 9.84 Å². The highest BCUT2D eigenvalue weighted by Gasteiger charge is 2.06. The smallest absolute Gasteiger partial charge is 0.221 e. The van der Waals surface area contributed by atoms with Gasteiger partial charge in [0.1, 0.15) is 9.84 Å². The van der Waals surface area contributed by atoms with Crippen molar-refractivity contribution in [3.63, 3.8) is 0 Å². The Kier molecular flexibility index (Phi) is 6.51. The number of rotatable bonds is 7. The summed E-state index contributed by atoms with van der Waals surface area (Å²) in [4.78, 5) is 13.2. The number of carbonyl (C=O) groups excluding carboxylic acids is 1. The van der Waals surface area contributed by atoms with Gasteiger partial charge in [0.15, 0.2) is 0 Å². The number of nitrogens with one attached hydrogen (secondary N) is 1. The van der Waals surface area contributed by atoms with Crippen molar-refractivity contribution in [2.45, 2.75) is 12.8 Å². The van der Waals surface area contributed by atoms with Gasteiger partial charge in [0.2, 0.25) is 5.91 Å². The summed E-state index contributed by atoms with van der Waals surface area (Å²) in [5, 5.41) is 2.68. The predicted molar refractivity (Wildman–Crippen MR) is 60.5 cm³/mol. The first kappa shape index (κ1) is 14.4. The lowest BCUT2D eigenvalue weighted by Gasteiger charge is -2.09. The van der Waals surface area contributed by atoms with Crippen molar-refractivity contribution < 1.29 is 13.2 Å². The Labute approximate surface area is 91.8 Å². The fourth-order valence-corrected chi connectivity index (χ4v) is 1.55. The number of hydrogen-bond donors (Lipinski definition) is 1. The number of amides is 1. The molecule has 0 atom stereocenters. The van der Waals surface area contributed by atoms with Crippen molar-refractivity contribution >= 4 is 15.7 Å². The van der Waals surface area contributed by atoms with E-state index in [0.29, 0.717) is 6.54 Å². The maximum absolute atomic E-state index is 11.1. The van der Waals surface area contributed by atoms with E-state index in [0.717, 1.165) is 19.2 Å². The van der Waals surface area contributed by atoms with E-state index in [9.17, 15) is 13.2 Å². The Hall–Kier alpha value is -0.620. The minimum absolute atomic E-state index is 0.0563. The maximum atomic E-state index is 11.1. The third-order valence-corrected chi connectivity index (χ3v) is 2.75. The number of hydrogen-bond acceptors (Lipinski definition) is 4. The molecule has 0 bridgehead atoms. The van der Waals surface area contributed by atoms with Crippen LogP contribution in [0, 0.1) is 0 Å². The summed E-state index contributed by atoms with van der Waals surface area (Å²) in [6.45, 7) is 1.51. The molecule has 15 heavy (non-hydrogen) atoms. The fourth-order valence-electron chi connectivity index (χ4n) is 0.990. The maximum Gasteiger partial charge on any atom is 0.221 e. The summed E-state index contributed by atoms with van der Waals surface area (Å²) in [6.07, 6.45) is 2.06. The molecule has 0 spiro atoms. The van der Waals surface area contributed by atoms with Gasteiger partial charge >= 0.3 is 0 Å². The van der Waals surface area contributed by atoms with E-state index in [4.69, 9.17) is 0 Å². The number of nitrogens with zero attached hydrogens (tertiary/aromatic N) is 1. The quantitative estimate of drug-likeness (QED) is 0.605. The van der Waals surface area contributed by atoms with Crippen LogP contribution in [-0.2, 0) is 14.6 Å². The van der Waals surface area contributed by atoms with Gasteiger partial charge in [-0.15, -0.1) is 0 Å². The summed E-state index contributed by atoms with van der Waals surface area (Å²) in [5.41, 5.74) is 0. The van der Waals surface area contributed by atoms with E-state index in [-0.39, 0.29) is 18.1 Å². The molecule has 6 heteroatoms. The molecule has 0 saturated carbocycles. The van der Waals surface area contributed by atoms with Crippen molar-refractivity contribution in [1.29, 1.82) is 0 Å². The molecule has 0 saturated heterocycles. The van der Waals surface area contributed by atoms with Gasteiger partial charge in [-0.25, -0.2) is 8.42 Å². The van der Waals surface area contributed by atoms with Crippen molar-refractivity contribution in [3.05, 3.63) is 0 Å². The van der Waals surface area contributed by atoms with Crippen LogP contribution in [0.5, 0.6) is 0 Å².